The number of pyridine rings is 1. The molecular weight excluding hydrogens is 390 g/mol. The molecule has 2 amide bonds. The molecule has 0 bridgehead atoms. The molecule has 0 fully saturated rings. The number of aromatic nitrogens is 1. The first-order valence-corrected chi connectivity index (χ1v) is 9.40. The third-order valence-electron chi connectivity index (χ3n) is 4.30. The average Bonchev–Trinajstić information content (AvgIpc) is 2.71. The molecule has 29 heavy (non-hydrogen) atoms. The van der Waals surface area contributed by atoms with Gasteiger partial charge in [0.25, 0.3) is 0 Å². The van der Waals surface area contributed by atoms with Crippen LogP contribution in [0.5, 0.6) is 17.2 Å². The molecule has 0 saturated heterocycles. The third kappa shape index (κ3) is 5.39. The van der Waals surface area contributed by atoms with Crippen LogP contribution < -0.4 is 20.1 Å². The van der Waals surface area contributed by atoms with Crippen molar-refractivity contribution in [1.29, 1.82) is 0 Å². The van der Waals surface area contributed by atoms with Crippen LogP contribution in [0.25, 0.3) is 0 Å². The highest BCUT2D eigenvalue weighted by atomic mass is 35.5. The predicted molar refractivity (Wildman–Crippen MR) is 114 cm³/mol. The molecule has 7 heteroatoms. The lowest BCUT2D eigenvalue weighted by molar-refractivity contribution is 0.251. The van der Waals surface area contributed by atoms with E-state index >= 15 is 0 Å². The van der Waals surface area contributed by atoms with E-state index in [0.29, 0.717) is 23.0 Å². The number of aryl methyl sites for hydroxylation is 2. The summed E-state index contributed by atoms with van der Waals surface area (Å²) in [6.07, 6.45) is 3.36. The molecule has 0 atom stereocenters. The number of ether oxygens (including phenoxy) is 2. The summed E-state index contributed by atoms with van der Waals surface area (Å²) in [6, 6.07) is 12.5. The minimum absolute atomic E-state index is 0.349. The number of amides is 2. The van der Waals surface area contributed by atoms with Crippen LogP contribution in [0.3, 0.4) is 0 Å². The Bertz CT molecular complexity index is 1010. The predicted octanol–water partition coefficient (Wildman–Crippen LogP) is 5.47. The fourth-order valence-corrected chi connectivity index (χ4v) is 2.90. The van der Waals surface area contributed by atoms with Gasteiger partial charge in [0, 0.05) is 24.0 Å². The monoisotopic (exact) mass is 411 g/mol. The molecule has 0 aliphatic heterocycles. The molecule has 150 valence electrons. The summed E-state index contributed by atoms with van der Waals surface area (Å²) in [7, 11) is 1.55. The maximum absolute atomic E-state index is 12.3. The van der Waals surface area contributed by atoms with Crippen molar-refractivity contribution in [2.75, 3.05) is 12.4 Å². The lowest BCUT2D eigenvalue weighted by atomic mass is 10.1. The van der Waals surface area contributed by atoms with Crippen LogP contribution in [-0.2, 0) is 6.54 Å². The summed E-state index contributed by atoms with van der Waals surface area (Å²) >= 11 is 6.15. The summed E-state index contributed by atoms with van der Waals surface area (Å²) in [5.74, 6) is 2.03. The normalized spacial score (nSPS) is 10.3. The number of carbonyl (C=O) groups is 1. The van der Waals surface area contributed by atoms with Gasteiger partial charge in [0.05, 0.1) is 12.8 Å². The second-order valence-corrected chi connectivity index (χ2v) is 6.90. The Labute approximate surface area is 174 Å². The molecule has 3 aromatic rings. The van der Waals surface area contributed by atoms with E-state index in [1.54, 1.807) is 43.8 Å². The van der Waals surface area contributed by atoms with Crippen molar-refractivity contribution in [3.63, 3.8) is 0 Å². The van der Waals surface area contributed by atoms with E-state index in [0.717, 1.165) is 28.2 Å². The molecule has 1 heterocycles. The van der Waals surface area contributed by atoms with E-state index in [4.69, 9.17) is 21.1 Å². The van der Waals surface area contributed by atoms with Crippen LogP contribution in [0.15, 0.2) is 54.9 Å². The first kappa shape index (κ1) is 20.5. The van der Waals surface area contributed by atoms with Gasteiger partial charge in [-0.05, 0) is 60.9 Å². The van der Waals surface area contributed by atoms with Crippen molar-refractivity contribution in [3.8, 4) is 17.2 Å². The molecule has 0 unspecified atom stereocenters. The minimum Gasteiger partial charge on any atom is -0.495 e. The van der Waals surface area contributed by atoms with Crippen molar-refractivity contribution in [2.45, 2.75) is 20.4 Å². The van der Waals surface area contributed by atoms with Gasteiger partial charge < -0.3 is 20.1 Å². The smallest absolute Gasteiger partial charge is 0.319 e. The van der Waals surface area contributed by atoms with Crippen molar-refractivity contribution < 1.29 is 14.3 Å². The number of nitrogens with one attached hydrogen (secondary N) is 2. The Kier molecular flexibility index (Phi) is 6.57. The summed E-state index contributed by atoms with van der Waals surface area (Å²) in [6.45, 7) is 4.20. The average molecular weight is 412 g/mol. The molecule has 0 aliphatic rings. The molecule has 0 radical (unpaired) electrons. The molecule has 2 N–H and O–H groups in total. The van der Waals surface area contributed by atoms with Gasteiger partial charge in [-0.25, -0.2) is 4.79 Å². The van der Waals surface area contributed by atoms with Gasteiger partial charge >= 0.3 is 6.03 Å². The fourth-order valence-electron chi connectivity index (χ4n) is 2.74. The largest absolute Gasteiger partial charge is 0.495 e. The van der Waals surface area contributed by atoms with Crippen molar-refractivity contribution in [3.05, 3.63) is 76.6 Å². The number of urea groups is 1. The van der Waals surface area contributed by atoms with E-state index in [9.17, 15) is 4.79 Å². The zero-order valence-corrected chi connectivity index (χ0v) is 17.2. The lowest BCUT2D eigenvalue weighted by Gasteiger charge is -2.14. The number of benzene rings is 2. The maximum Gasteiger partial charge on any atom is 0.319 e. The van der Waals surface area contributed by atoms with Crippen LogP contribution in [0.4, 0.5) is 10.5 Å². The number of nitrogens with zero attached hydrogens (tertiary/aromatic N) is 1. The number of rotatable bonds is 6. The quantitative estimate of drug-likeness (QED) is 0.563. The standard InChI is InChI=1S/C22H22ClN3O3/c1-14-11-21(28-3)19(12-18(14)23)26-22(27)25-13-16-4-5-20(15(2)10-16)29-17-6-8-24-9-7-17/h4-12H,13H2,1-3H3,(H2,25,26,27). The molecule has 0 saturated carbocycles. The number of anilines is 1. The highest BCUT2D eigenvalue weighted by Gasteiger charge is 2.11. The molecule has 1 aromatic heterocycles. The molecule has 2 aromatic carbocycles. The van der Waals surface area contributed by atoms with Crippen LogP contribution >= 0.6 is 11.6 Å². The Morgan fingerprint density at radius 2 is 1.79 bits per heavy atom. The summed E-state index contributed by atoms with van der Waals surface area (Å²) in [5.41, 5.74) is 3.30. The lowest BCUT2D eigenvalue weighted by Crippen LogP contribution is -2.28. The Balaban J connectivity index is 1.61. The highest BCUT2D eigenvalue weighted by Crippen LogP contribution is 2.31. The van der Waals surface area contributed by atoms with Crippen LogP contribution in [0.1, 0.15) is 16.7 Å². The van der Waals surface area contributed by atoms with Crippen molar-refractivity contribution in [1.82, 2.24) is 10.3 Å². The van der Waals surface area contributed by atoms with Gasteiger partial charge in [0.2, 0.25) is 0 Å². The Morgan fingerprint density at radius 3 is 2.48 bits per heavy atom. The van der Waals surface area contributed by atoms with E-state index in [-0.39, 0.29) is 6.03 Å². The first-order valence-electron chi connectivity index (χ1n) is 9.02. The summed E-state index contributed by atoms with van der Waals surface area (Å²) in [5, 5.41) is 6.16. The van der Waals surface area contributed by atoms with Gasteiger partial charge in [-0.1, -0.05) is 23.7 Å². The fraction of sp³-hybridized carbons (Fsp3) is 0.182. The van der Waals surface area contributed by atoms with Gasteiger partial charge in [-0.2, -0.15) is 0 Å². The van der Waals surface area contributed by atoms with Crippen LogP contribution in [0.2, 0.25) is 5.02 Å². The van der Waals surface area contributed by atoms with Gasteiger partial charge in [0.1, 0.15) is 17.2 Å². The molecule has 0 aliphatic carbocycles. The topological polar surface area (TPSA) is 72.5 Å². The van der Waals surface area contributed by atoms with Crippen LogP contribution in [-0.4, -0.2) is 18.1 Å². The summed E-state index contributed by atoms with van der Waals surface area (Å²) < 4.78 is 11.2. The molecule has 0 spiro atoms. The number of hydrogen-bond acceptors (Lipinski definition) is 4. The molecule has 3 rings (SSSR count). The van der Waals surface area contributed by atoms with E-state index in [1.165, 1.54) is 0 Å². The number of carbonyl (C=O) groups excluding carboxylic acids is 1. The molecule has 6 nitrogen and oxygen atoms in total. The maximum atomic E-state index is 12.3. The molecular formula is C22H22ClN3O3. The SMILES string of the molecule is COc1cc(C)c(Cl)cc1NC(=O)NCc1ccc(Oc2ccncc2)c(C)c1. The number of methoxy groups -OCH3 is 1. The second kappa shape index (κ2) is 9.30. The van der Waals surface area contributed by atoms with Crippen molar-refractivity contribution in [2.24, 2.45) is 0 Å². The zero-order valence-electron chi connectivity index (χ0n) is 16.5. The Hall–Kier alpha value is -3.25. The third-order valence-corrected chi connectivity index (χ3v) is 4.71. The van der Waals surface area contributed by atoms with Gasteiger partial charge in [-0.15, -0.1) is 0 Å². The first-order chi connectivity index (χ1) is 14.0. The zero-order chi connectivity index (χ0) is 20.8. The number of hydrogen-bond donors (Lipinski definition) is 2. The van der Waals surface area contributed by atoms with E-state index in [1.807, 2.05) is 32.0 Å². The second-order valence-electron chi connectivity index (χ2n) is 6.49. The van der Waals surface area contributed by atoms with Gasteiger partial charge in [-0.3, -0.25) is 4.98 Å². The number of halogens is 1. The highest BCUT2D eigenvalue weighted by molar-refractivity contribution is 6.31. The van der Waals surface area contributed by atoms with Crippen molar-refractivity contribution >= 4 is 23.3 Å². The minimum atomic E-state index is -0.349. The van der Waals surface area contributed by atoms with Crippen LogP contribution in [0, 0.1) is 13.8 Å². The Morgan fingerprint density at radius 1 is 1.03 bits per heavy atom. The van der Waals surface area contributed by atoms with E-state index in [2.05, 4.69) is 15.6 Å². The summed E-state index contributed by atoms with van der Waals surface area (Å²) in [4.78, 5) is 16.3. The van der Waals surface area contributed by atoms with E-state index < -0.39 is 0 Å². The van der Waals surface area contributed by atoms with Gasteiger partial charge in [0.15, 0.2) is 0 Å².